The first-order valence-electron chi connectivity index (χ1n) is 7.01. The molecule has 0 fully saturated rings. The Bertz CT molecular complexity index is 664. The largest absolute Gasteiger partial charge is 0.306 e. The maximum atomic E-state index is 12.7. The molecule has 1 aliphatic heterocycles. The van der Waals surface area contributed by atoms with Gasteiger partial charge in [-0.15, -0.1) is 0 Å². The van der Waals surface area contributed by atoms with Gasteiger partial charge in [0.25, 0.3) is 5.91 Å². The number of hydrogen-bond donors (Lipinski definition) is 0. The van der Waals surface area contributed by atoms with Crippen molar-refractivity contribution in [1.82, 2.24) is 4.98 Å². The lowest BCUT2D eigenvalue weighted by atomic mass is 9.98. The topological polar surface area (TPSA) is 33.2 Å². The highest BCUT2D eigenvalue weighted by molar-refractivity contribution is 6.06. The van der Waals surface area contributed by atoms with Crippen LogP contribution in [0.3, 0.4) is 0 Å². The maximum absolute atomic E-state index is 12.7. The molecule has 2 aromatic rings. The molecule has 0 spiro atoms. The molecule has 20 heavy (non-hydrogen) atoms. The van der Waals surface area contributed by atoms with Gasteiger partial charge in [0.1, 0.15) is 5.69 Å². The normalized spacial score (nSPS) is 14.0. The van der Waals surface area contributed by atoms with Crippen molar-refractivity contribution in [1.29, 1.82) is 0 Å². The predicted molar refractivity (Wildman–Crippen MR) is 80.2 cm³/mol. The van der Waals surface area contributed by atoms with E-state index in [-0.39, 0.29) is 5.91 Å². The van der Waals surface area contributed by atoms with E-state index in [1.807, 2.05) is 24.0 Å². The summed E-state index contributed by atoms with van der Waals surface area (Å²) in [6.45, 7) is 4.74. The number of hydrogen-bond acceptors (Lipinski definition) is 2. The van der Waals surface area contributed by atoms with Crippen molar-refractivity contribution >= 4 is 11.6 Å². The number of anilines is 1. The molecular weight excluding hydrogens is 248 g/mol. The Hall–Kier alpha value is -2.16. The molecule has 102 valence electrons. The second kappa shape index (κ2) is 5.08. The zero-order chi connectivity index (χ0) is 14.1. The Morgan fingerprint density at radius 2 is 1.95 bits per heavy atom. The lowest BCUT2D eigenvalue weighted by Crippen LogP contribution is -2.36. The smallest absolute Gasteiger partial charge is 0.276 e. The fourth-order valence-electron chi connectivity index (χ4n) is 2.85. The molecule has 2 heterocycles. The van der Waals surface area contributed by atoms with Crippen LogP contribution in [-0.2, 0) is 6.42 Å². The van der Waals surface area contributed by atoms with Gasteiger partial charge in [-0.2, -0.15) is 0 Å². The molecule has 1 aromatic carbocycles. The summed E-state index contributed by atoms with van der Waals surface area (Å²) in [5.41, 5.74) is 4.89. The molecule has 0 unspecified atom stereocenters. The first kappa shape index (κ1) is 12.9. The minimum absolute atomic E-state index is 0.00366. The van der Waals surface area contributed by atoms with Gasteiger partial charge in [-0.1, -0.05) is 24.3 Å². The average molecular weight is 266 g/mol. The van der Waals surface area contributed by atoms with Gasteiger partial charge in [0.15, 0.2) is 0 Å². The van der Waals surface area contributed by atoms with Crippen LogP contribution in [0, 0.1) is 13.8 Å². The summed E-state index contributed by atoms with van der Waals surface area (Å²) in [6.07, 6.45) is 2.05. The van der Waals surface area contributed by atoms with Crippen LogP contribution >= 0.6 is 0 Å². The molecule has 0 N–H and O–H groups in total. The van der Waals surface area contributed by atoms with E-state index in [1.165, 1.54) is 5.56 Å². The molecule has 1 amide bonds. The standard InChI is InChI=1S/C17H18N2O/c1-12-6-3-8-14-9-5-11-19(16(12)14)17(20)15-10-4-7-13(2)18-15/h3-4,6-8,10H,5,9,11H2,1-2H3. The molecule has 0 bridgehead atoms. The Balaban J connectivity index is 2.03. The first-order valence-corrected chi connectivity index (χ1v) is 7.01. The summed E-state index contributed by atoms with van der Waals surface area (Å²) in [4.78, 5) is 19.0. The van der Waals surface area contributed by atoms with E-state index in [0.29, 0.717) is 5.69 Å². The molecule has 1 aromatic heterocycles. The Labute approximate surface area is 119 Å². The van der Waals surface area contributed by atoms with Gasteiger partial charge in [0.05, 0.1) is 5.69 Å². The number of aromatic nitrogens is 1. The minimum atomic E-state index is 0.00366. The quantitative estimate of drug-likeness (QED) is 0.793. The highest BCUT2D eigenvalue weighted by Gasteiger charge is 2.25. The predicted octanol–water partition coefficient (Wildman–Crippen LogP) is 3.29. The van der Waals surface area contributed by atoms with E-state index >= 15 is 0 Å². The average Bonchev–Trinajstić information content (AvgIpc) is 2.46. The lowest BCUT2D eigenvalue weighted by Gasteiger charge is -2.30. The van der Waals surface area contributed by atoms with Crippen LogP contribution in [0.2, 0.25) is 0 Å². The Morgan fingerprint density at radius 3 is 2.75 bits per heavy atom. The summed E-state index contributed by atoms with van der Waals surface area (Å²) in [6, 6.07) is 11.8. The Kier molecular flexibility index (Phi) is 3.26. The number of nitrogens with zero attached hydrogens (tertiary/aromatic N) is 2. The molecule has 0 aliphatic carbocycles. The second-order valence-electron chi connectivity index (χ2n) is 5.31. The van der Waals surface area contributed by atoms with E-state index in [0.717, 1.165) is 36.3 Å². The van der Waals surface area contributed by atoms with Crippen molar-refractivity contribution in [3.8, 4) is 0 Å². The SMILES string of the molecule is Cc1cccc(C(=O)N2CCCc3cccc(C)c32)n1. The number of pyridine rings is 1. The third kappa shape index (κ3) is 2.20. The molecule has 0 saturated heterocycles. The number of fused-ring (bicyclic) bond motifs is 1. The summed E-state index contributed by atoms with van der Waals surface area (Å²) in [5.74, 6) is 0.00366. The zero-order valence-corrected chi connectivity index (χ0v) is 11.9. The van der Waals surface area contributed by atoms with Crippen molar-refractivity contribution < 1.29 is 4.79 Å². The van der Waals surface area contributed by atoms with Crippen LogP contribution in [0.5, 0.6) is 0 Å². The number of aryl methyl sites for hydroxylation is 3. The molecule has 3 nitrogen and oxygen atoms in total. The van der Waals surface area contributed by atoms with E-state index in [2.05, 4.69) is 30.1 Å². The fraction of sp³-hybridized carbons (Fsp3) is 0.294. The number of carbonyl (C=O) groups excluding carboxylic acids is 1. The fourth-order valence-corrected chi connectivity index (χ4v) is 2.85. The van der Waals surface area contributed by atoms with E-state index in [1.54, 1.807) is 6.07 Å². The van der Waals surface area contributed by atoms with Gasteiger partial charge in [-0.3, -0.25) is 4.79 Å². The van der Waals surface area contributed by atoms with Crippen LogP contribution in [0.15, 0.2) is 36.4 Å². The molecule has 3 rings (SSSR count). The summed E-state index contributed by atoms with van der Waals surface area (Å²) < 4.78 is 0. The summed E-state index contributed by atoms with van der Waals surface area (Å²) in [7, 11) is 0. The monoisotopic (exact) mass is 266 g/mol. The van der Waals surface area contributed by atoms with Gasteiger partial charge in [-0.05, 0) is 49.9 Å². The third-order valence-electron chi connectivity index (χ3n) is 3.77. The van der Waals surface area contributed by atoms with Crippen molar-refractivity contribution in [3.05, 3.63) is 58.9 Å². The molecule has 3 heteroatoms. The Morgan fingerprint density at radius 1 is 1.15 bits per heavy atom. The number of rotatable bonds is 1. The number of carbonyl (C=O) groups is 1. The van der Waals surface area contributed by atoms with E-state index in [4.69, 9.17) is 0 Å². The molecule has 0 saturated carbocycles. The minimum Gasteiger partial charge on any atom is -0.306 e. The van der Waals surface area contributed by atoms with Crippen molar-refractivity contribution in [2.24, 2.45) is 0 Å². The number of amides is 1. The maximum Gasteiger partial charge on any atom is 0.276 e. The van der Waals surface area contributed by atoms with Gasteiger partial charge in [0.2, 0.25) is 0 Å². The second-order valence-corrected chi connectivity index (χ2v) is 5.31. The lowest BCUT2D eigenvalue weighted by molar-refractivity contribution is 0.0980. The summed E-state index contributed by atoms with van der Waals surface area (Å²) >= 11 is 0. The molecular formula is C17H18N2O. The van der Waals surface area contributed by atoms with Crippen molar-refractivity contribution in [3.63, 3.8) is 0 Å². The van der Waals surface area contributed by atoms with Crippen LogP contribution < -0.4 is 4.90 Å². The van der Waals surface area contributed by atoms with Gasteiger partial charge in [-0.25, -0.2) is 4.98 Å². The summed E-state index contributed by atoms with van der Waals surface area (Å²) in [5, 5.41) is 0. The highest BCUT2D eigenvalue weighted by Crippen LogP contribution is 2.31. The molecule has 1 aliphatic rings. The third-order valence-corrected chi connectivity index (χ3v) is 3.77. The van der Waals surface area contributed by atoms with E-state index < -0.39 is 0 Å². The first-order chi connectivity index (χ1) is 9.66. The van der Waals surface area contributed by atoms with Crippen LogP contribution in [-0.4, -0.2) is 17.4 Å². The van der Waals surface area contributed by atoms with Gasteiger partial charge in [0, 0.05) is 12.2 Å². The van der Waals surface area contributed by atoms with Crippen molar-refractivity contribution in [2.45, 2.75) is 26.7 Å². The molecule has 0 radical (unpaired) electrons. The van der Waals surface area contributed by atoms with Gasteiger partial charge >= 0.3 is 0 Å². The van der Waals surface area contributed by atoms with Gasteiger partial charge < -0.3 is 4.90 Å². The van der Waals surface area contributed by atoms with E-state index in [9.17, 15) is 4.79 Å². The number of para-hydroxylation sites is 1. The highest BCUT2D eigenvalue weighted by atomic mass is 16.2. The zero-order valence-electron chi connectivity index (χ0n) is 11.9. The van der Waals surface area contributed by atoms with Crippen molar-refractivity contribution in [2.75, 3.05) is 11.4 Å². The van der Waals surface area contributed by atoms with Crippen LogP contribution in [0.1, 0.15) is 33.7 Å². The van der Waals surface area contributed by atoms with Crippen LogP contribution in [0.4, 0.5) is 5.69 Å². The van der Waals surface area contributed by atoms with Crippen LogP contribution in [0.25, 0.3) is 0 Å². The number of benzene rings is 1. The molecule has 0 atom stereocenters.